The molecule has 0 saturated carbocycles. The van der Waals surface area contributed by atoms with E-state index in [1.807, 2.05) is 19.2 Å². The summed E-state index contributed by atoms with van der Waals surface area (Å²) >= 11 is 0. The quantitative estimate of drug-likeness (QED) is 0.508. The van der Waals surface area contributed by atoms with Crippen LogP contribution in [0.25, 0.3) is 0 Å². The first kappa shape index (κ1) is 7.88. The Balaban J connectivity index is 3.10. The van der Waals surface area contributed by atoms with Crippen LogP contribution in [0.1, 0.15) is 13.8 Å². The summed E-state index contributed by atoms with van der Waals surface area (Å²) in [6.45, 7) is 4.18. The molecule has 3 heteroatoms. The van der Waals surface area contributed by atoms with Crippen LogP contribution in [0.4, 0.5) is 0 Å². The molecule has 2 N–H and O–H groups in total. The zero-order chi connectivity index (χ0) is 6.57. The highest BCUT2D eigenvalue weighted by atomic mass is 15.7. The summed E-state index contributed by atoms with van der Waals surface area (Å²) < 4.78 is 0. The van der Waals surface area contributed by atoms with Crippen LogP contribution in [-0.4, -0.2) is 25.3 Å². The number of rotatable bonds is 3. The molecule has 0 bridgehead atoms. The molecule has 0 aliphatic rings. The summed E-state index contributed by atoms with van der Waals surface area (Å²) in [7, 11) is 3.80. The Morgan fingerprint density at radius 2 is 1.88 bits per heavy atom. The molecule has 0 aromatic rings. The van der Waals surface area contributed by atoms with Gasteiger partial charge in [0.15, 0.2) is 0 Å². The Kier molecular flexibility index (Phi) is 3.77. The topological polar surface area (TPSA) is 27.3 Å². The molecule has 0 aliphatic carbocycles. The molecule has 50 valence electrons. The van der Waals surface area contributed by atoms with Gasteiger partial charge in [0.2, 0.25) is 0 Å². The summed E-state index contributed by atoms with van der Waals surface area (Å²) in [4.78, 5) is 0. The fourth-order valence-electron chi connectivity index (χ4n) is 0.452. The van der Waals surface area contributed by atoms with Crippen LogP contribution >= 0.6 is 0 Å². The maximum atomic E-state index is 3.11. The summed E-state index contributed by atoms with van der Waals surface area (Å²) in [6.07, 6.45) is 0. The van der Waals surface area contributed by atoms with Gasteiger partial charge < -0.3 is 0 Å². The van der Waals surface area contributed by atoms with E-state index in [4.69, 9.17) is 0 Å². The predicted molar refractivity (Wildman–Crippen MR) is 35.1 cm³/mol. The first-order valence-electron chi connectivity index (χ1n) is 2.84. The van der Waals surface area contributed by atoms with E-state index in [-0.39, 0.29) is 0 Å². The molecule has 0 saturated heterocycles. The molecule has 3 nitrogen and oxygen atoms in total. The fourth-order valence-corrected chi connectivity index (χ4v) is 0.452. The average molecular weight is 117 g/mol. The van der Waals surface area contributed by atoms with Crippen LogP contribution in [0.3, 0.4) is 0 Å². The summed E-state index contributed by atoms with van der Waals surface area (Å²) in [6, 6.07) is 0.493. The minimum atomic E-state index is 0.493. The van der Waals surface area contributed by atoms with E-state index in [2.05, 4.69) is 24.7 Å². The molecule has 0 unspecified atom stereocenters. The SMILES string of the molecule is CNN(C)NC(C)C. The van der Waals surface area contributed by atoms with Gasteiger partial charge in [0, 0.05) is 20.1 Å². The molecule has 0 spiro atoms. The lowest BCUT2D eigenvalue weighted by Crippen LogP contribution is -2.46. The van der Waals surface area contributed by atoms with E-state index in [0.29, 0.717) is 6.04 Å². The monoisotopic (exact) mass is 117 g/mol. The van der Waals surface area contributed by atoms with Crippen LogP contribution in [0, 0.1) is 0 Å². The van der Waals surface area contributed by atoms with Gasteiger partial charge in [-0.2, -0.15) is 5.12 Å². The third-order valence-electron chi connectivity index (χ3n) is 0.787. The molecule has 8 heavy (non-hydrogen) atoms. The van der Waals surface area contributed by atoms with Crippen LogP contribution < -0.4 is 10.9 Å². The maximum Gasteiger partial charge on any atom is 0.0174 e. The van der Waals surface area contributed by atoms with Gasteiger partial charge in [0.25, 0.3) is 0 Å². The van der Waals surface area contributed by atoms with Crippen molar-refractivity contribution in [2.24, 2.45) is 0 Å². The molecule has 0 rings (SSSR count). The van der Waals surface area contributed by atoms with Gasteiger partial charge in [-0.05, 0) is 13.8 Å². The maximum absolute atomic E-state index is 3.11. The normalized spacial score (nSPS) is 11.2. The molecule has 0 fully saturated rings. The largest absolute Gasteiger partial charge is 0.245 e. The Hall–Kier alpha value is -0.120. The van der Waals surface area contributed by atoms with E-state index in [9.17, 15) is 0 Å². The molecule has 0 atom stereocenters. The van der Waals surface area contributed by atoms with Gasteiger partial charge in [-0.1, -0.05) is 0 Å². The minimum absolute atomic E-state index is 0.493. The van der Waals surface area contributed by atoms with Gasteiger partial charge in [-0.3, -0.25) is 0 Å². The molecular formula is C5H15N3. The lowest BCUT2D eigenvalue weighted by atomic mass is 10.4. The second kappa shape index (κ2) is 3.83. The zero-order valence-electron chi connectivity index (χ0n) is 6.02. The van der Waals surface area contributed by atoms with Crippen molar-refractivity contribution >= 4 is 0 Å². The Labute approximate surface area is 51.0 Å². The first-order valence-corrected chi connectivity index (χ1v) is 2.84. The highest BCUT2D eigenvalue weighted by molar-refractivity contribution is 4.43. The summed E-state index contributed by atoms with van der Waals surface area (Å²) in [5.74, 6) is 0. The number of nitrogens with zero attached hydrogens (tertiary/aromatic N) is 1. The van der Waals surface area contributed by atoms with Gasteiger partial charge in [-0.15, -0.1) is 0 Å². The van der Waals surface area contributed by atoms with Crippen molar-refractivity contribution in [3.05, 3.63) is 0 Å². The Morgan fingerprint density at radius 1 is 1.38 bits per heavy atom. The van der Waals surface area contributed by atoms with Gasteiger partial charge in [0.1, 0.15) is 0 Å². The zero-order valence-corrected chi connectivity index (χ0v) is 6.02. The van der Waals surface area contributed by atoms with Crippen molar-refractivity contribution in [1.29, 1.82) is 0 Å². The minimum Gasteiger partial charge on any atom is -0.245 e. The van der Waals surface area contributed by atoms with Crippen LogP contribution in [0.5, 0.6) is 0 Å². The van der Waals surface area contributed by atoms with Gasteiger partial charge >= 0.3 is 0 Å². The third-order valence-corrected chi connectivity index (χ3v) is 0.787. The molecule has 0 aromatic heterocycles. The average Bonchev–Trinajstić information content (AvgIpc) is 1.65. The summed E-state index contributed by atoms with van der Waals surface area (Å²) in [5, 5.41) is 1.82. The van der Waals surface area contributed by atoms with Crippen molar-refractivity contribution in [1.82, 2.24) is 16.0 Å². The van der Waals surface area contributed by atoms with Crippen molar-refractivity contribution in [3.8, 4) is 0 Å². The second-order valence-electron chi connectivity index (χ2n) is 2.07. The second-order valence-corrected chi connectivity index (χ2v) is 2.07. The standard InChI is InChI=1S/C5H15N3/c1-5(2)7-8(4)6-3/h5-7H,1-4H3. The highest BCUT2D eigenvalue weighted by Gasteiger charge is 1.92. The van der Waals surface area contributed by atoms with Crippen LogP contribution in [0.15, 0.2) is 0 Å². The molecule has 0 aliphatic heterocycles. The van der Waals surface area contributed by atoms with Crippen molar-refractivity contribution < 1.29 is 0 Å². The fraction of sp³-hybridized carbons (Fsp3) is 1.00. The van der Waals surface area contributed by atoms with E-state index in [1.165, 1.54) is 0 Å². The summed E-state index contributed by atoms with van der Waals surface area (Å²) in [5.41, 5.74) is 6.03. The number of hydrazine groups is 2. The van der Waals surface area contributed by atoms with Crippen molar-refractivity contribution in [2.75, 3.05) is 14.1 Å². The lowest BCUT2D eigenvalue weighted by Gasteiger charge is -2.18. The number of hydrogen-bond donors (Lipinski definition) is 2. The molecule has 0 radical (unpaired) electrons. The Bertz CT molecular complexity index is 53.6. The molecule has 0 aromatic carbocycles. The van der Waals surface area contributed by atoms with E-state index in [0.717, 1.165) is 0 Å². The molecular weight excluding hydrogens is 102 g/mol. The molecule has 0 amide bonds. The number of hydrogen-bond acceptors (Lipinski definition) is 3. The first-order chi connectivity index (χ1) is 3.66. The Morgan fingerprint density at radius 3 is 2.00 bits per heavy atom. The van der Waals surface area contributed by atoms with Crippen molar-refractivity contribution in [2.45, 2.75) is 19.9 Å². The van der Waals surface area contributed by atoms with Gasteiger partial charge in [-0.25, -0.2) is 10.9 Å². The van der Waals surface area contributed by atoms with Crippen molar-refractivity contribution in [3.63, 3.8) is 0 Å². The number of nitrogens with one attached hydrogen (secondary N) is 2. The van der Waals surface area contributed by atoms with Crippen LogP contribution in [-0.2, 0) is 0 Å². The highest BCUT2D eigenvalue weighted by Crippen LogP contribution is 1.74. The lowest BCUT2D eigenvalue weighted by molar-refractivity contribution is 0.152. The van der Waals surface area contributed by atoms with E-state index in [1.54, 1.807) is 0 Å². The molecule has 0 heterocycles. The smallest absolute Gasteiger partial charge is 0.0174 e. The third kappa shape index (κ3) is 4.05. The van der Waals surface area contributed by atoms with E-state index >= 15 is 0 Å². The van der Waals surface area contributed by atoms with E-state index < -0.39 is 0 Å². The van der Waals surface area contributed by atoms with Gasteiger partial charge in [0.05, 0.1) is 0 Å². The predicted octanol–water partition coefficient (Wildman–Crippen LogP) is -0.0344. The van der Waals surface area contributed by atoms with Crippen LogP contribution in [0.2, 0.25) is 0 Å².